The molecule has 0 unspecified atom stereocenters. The first-order chi connectivity index (χ1) is 10.9. The predicted molar refractivity (Wildman–Crippen MR) is 76.3 cm³/mol. The molecule has 0 saturated heterocycles. The second kappa shape index (κ2) is 5.64. The lowest BCUT2D eigenvalue weighted by Gasteiger charge is -2.11. The van der Waals surface area contributed by atoms with Crippen molar-refractivity contribution in [3.63, 3.8) is 0 Å². The Morgan fingerprint density at radius 3 is 2.39 bits per heavy atom. The zero-order valence-corrected chi connectivity index (χ0v) is 11.5. The number of benzene rings is 1. The van der Waals surface area contributed by atoms with Crippen LogP contribution in [-0.2, 0) is 0 Å². The molecule has 0 saturated carbocycles. The first-order valence-corrected chi connectivity index (χ1v) is 6.50. The first kappa shape index (κ1) is 14.9. The van der Waals surface area contributed by atoms with Crippen LogP contribution in [0.3, 0.4) is 0 Å². The number of hydrogen-bond donors (Lipinski definition) is 1. The summed E-state index contributed by atoms with van der Waals surface area (Å²) in [6, 6.07) is 8.08. The van der Waals surface area contributed by atoms with Crippen molar-refractivity contribution in [2.45, 2.75) is 6.36 Å². The minimum absolute atomic E-state index is 0.304. The maximum atomic E-state index is 12.2. The lowest BCUT2D eigenvalue weighted by Crippen LogP contribution is -2.18. The molecule has 0 aliphatic carbocycles. The van der Waals surface area contributed by atoms with Crippen molar-refractivity contribution in [1.82, 2.24) is 14.8 Å². The summed E-state index contributed by atoms with van der Waals surface area (Å²) in [6.45, 7) is 0. The summed E-state index contributed by atoms with van der Waals surface area (Å²) in [4.78, 5) is 12.0. The van der Waals surface area contributed by atoms with Gasteiger partial charge in [-0.3, -0.25) is 14.5 Å². The van der Waals surface area contributed by atoms with Gasteiger partial charge in [0.15, 0.2) is 0 Å². The molecule has 0 amide bonds. The Labute approximate surface area is 128 Å². The third kappa shape index (κ3) is 3.42. The molecule has 2 heterocycles. The topological polar surface area (TPSA) is 59.9 Å². The molecule has 8 heteroatoms. The molecule has 0 fully saturated rings. The van der Waals surface area contributed by atoms with E-state index in [0.29, 0.717) is 5.69 Å². The Balaban J connectivity index is 1.95. The van der Waals surface area contributed by atoms with Crippen LogP contribution in [0.4, 0.5) is 13.2 Å². The van der Waals surface area contributed by atoms with Gasteiger partial charge < -0.3 is 4.74 Å². The summed E-state index contributed by atoms with van der Waals surface area (Å²) in [5.41, 5.74) is 1.65. The minimum Gasteiger partial charge on any atom is -0.406 e. The summed E-state index contributed by atoms with van der Waals surface area (Å²) >= 11 is 0. The van der Waals surface area contributed by atoms with Crippen LogP contribution in [0.2, 0.25) is 0 Å². The maximum Gasteiger partial charge on any atom is 0.573 e. The molecule has 1 aromatic carbocycles. The molecule has 118 valence electrons. The van der Waals surface area contributed by atoms with Crippen molar-refractivity contribution >= 4 is 0 Å². The Morgan fingerprint density at radius 2 is 1.78 bits per heavy atom. The largest absolute Gasteiger partial charge is 0.573 e. The molecule has 0 radical (unpaired) electrons. The van der Waals surface area contributed by atoms with Crippen LogP contribution >= 0.6 is 0 Å². The maximum absolute atomic E-state index is 12.2. The molecule has 0 aliphatic rings. The average Bonchev–Trinajstić information content (AvgIpc) is 3.01. The van der Waals surface area contributed by atoms with E-state index in [0.717, 1.165) is 23.3 Å². The number of aromatic nitrogens is 3. The molecule has 2 aromatic heterocycles. The van der Waals surface area contributed by atoms with Crippen LogP contribution in [0.5, 0.6) is 5.75 Å². The molecule has 0 aliphatic heterocycles. The summed E-state index contributed by atoms with van der Waals surface area (Å²) in [7, 11) is 0. The minimum atomic E-state index is -4.75. The van der Waals surface area contributed by atoms with Crippen molar-refractivity contribution in [3.05, 3.63) is 65.3 Å². The van der Waals surface area contributed by atoms with Gasteiger partial charge in [-0.1, -0.05) is 0 Å². The van der Waals surface area contributed by atoms with Gasteiger partial charge in [0.25, 0.3) is 5.56 Å². The third-order valence-corrected chi connectivity index (χ3v) is 3.09. The second-order valence-corrected chi connectivity index (χ2v) is 4.65. The number of halogens is 3. The van der Waals surface area contributed by atoms with Crippen LogP contribution in [0, 0.1) is 0 Å². The number of nitrogens with zero attached hydrogens (tertiary/aromatic N) is 2. The summed E-state index contributed by atoms with van der Waals surface area (Å²) in [6.07, 6.45) is 0.112. The molecule has 23 heavy (non-hydrogen) atoms. The number of aromatic amines is 1. The fraction of sp³-hybridized carbons (Fsp3) is 0.0667. The Bertz CT molecular complexity index is 853. The van der Waals surface area contributed by atoms with Gasteiger partial charge in [-0.25, -0.2) is 0 Å². The van der Waals surface area contributed by atoms with E-state index in [1.165, 1.54) is 22.8 Å². The highest BCUT2D eigenvalue weighted by molar-refractivity contribution is 5.60. The molecule has 5 nitrogen and oxygen atoms in total. The summed E-state index contributed by atoms with van der Waals surface area (Å²) in [5.74, 6) is -0.347. The van der Waals surface area contributed by atoms with Gasteiger partial charge in [0.2, 0.25) is 0 Å². The first-order valence-electron chi connectivity index (χ1n) is 6.50. The molecule has 3 rings (SSSR count). The van der Waals surface area contributed by atoms with E-state index in [4.69, 9.17) is 0 Å². The summed E-state index contributed by atoms with van der Waals surface area (Å²) in [5, 5.41) is 6.50. The van der Waals surface area contributed by atoms with Crippen molar-refractivity contribution in [1.29, 1.82) is 0 Å². The fourth-order valence-electron chi connectivity index (χ4n) is 2.08. The Hall–Kier alpha value is -3.03. The monoisotopic (exact) mass is 321 g/mol. The van der Waals surface area contributed by atoms with Gasteiger partial charge in [-0.05, 0) is 30.3 Å². The average molecular weight is 321 g/mol. The van der Waals surface area contributed by atoms with Crippen LogP contribution in [-0.4, -0.2) is 21.1 Å². The number of ether oxygens (including phenoxy) is 1. The number of nitrogens with one attached hydrogen (secondary N) is 1. The number of rotatable bonds is 3. The van der Waals surface area contributed by atoms with Crippen LogP contribution in [0.15, 0.2) is 59.8 Å². The van der Waals surface area contributed by atoms with Gasteiger partial charge in [0.05, 0.1) is 6.20 Å². The van der Waals surface area contributed by atoms with Gasteiger partial charge in [-0.15, -0.1) is 13.2 Å². The number of alkyl halides is 3. The standard InChI is InChI=1S/C15H10F3N3O2/c16-15(17,18)23-13-4-2-12(3-5-13)21-9-10(1-6-14(21)22)11-7-19-20-8-11/h1-9H,(H,19,20). The lowest BCUT2D eigenvalue weighted by molar-refractivity contribution is -0.274. The van der Waals surface area contributed by atoms with Gasteiger partial charge >= 0.3 is 6.36 Å². The highest BCUT2D eigenvalue weighted by Gasteiger charge is 2.30. The van der Waals surface area contributed by atoms with Crippen LogP contribution < -0.4 is 10.3 Å². The lowest BCUT2D eigenvalue weighted by atomic mass is 10.1. The van der Waals surface area contributed by atoms with Crippen molar-refractivity contribution in [2.75, 3.05) is 0 Å². The molecule has 0 atom stereocenters. The van der Waals surface area contributed by atoms with E-state index < -0.39 is 6.36 Å². The quantitative estimate of drug-likeness (QED) is 0.806. The van der Waals surface area contributed by atoms with Crippen LogP contribution in [0.1, 0.15) is 0 Å². The second-order valence-electron chi connectivity index (χ2n) is 4.65. The molecule has 3 aromatic rings. The van der Waals surface area contributed by atoms with Crippen molar-refractivity contribution in [3.8, 4) is 22.6 Å². The van der Waals surface area contributed by atoms with E-state index in [-0.39, 0.29) is 11.3 Å². The van der Waals surface area contributed by atoms with Gasteiger partial charge in [-0.2, -0.15) is 5.10 Å². The zero-order valence-electron chi connectivity index (χ0n) is 11.5. The highest BCUT2D eigenvalue weighted by atomic mass is 19.4. The normalized spacial score (nSPS) is 11.4. The number of H-pyrrole nitrogens is 1. The molecule has 1 N–H and O–H groups in total. The van der Waals surface area contributed by atoms with Gasteiger partial charge in [0.1, 0.15) is 5.75 Å². The van der Waals surface area contributed by atoms with E-state index in [2.05, 4.69) is 14.9 Å². The fourth-order valence-corrected chi connectivity index (χ4v) is 2.08. The SMILES string of the molecule is O=c1ccc(-c2cn[nH]c2)cn1-c1ccc(OC(F)(F)F)cc1. The van der Waals surface area contributed by atoms with Crippen molar-refractivity contribution < 1.29 is 17.9 Å². The zero-order chi connectivity index (χ0) is 16.4. The summed E-state index contributed by atoms with van der Waals surface area (Å²) < 4.78 is 41.6. The van der Waals surface area contributed by atoms with Gasteiger partial charge in [0, 0.05) is 35.3 Å². The van der Waals surface area contributed by atoms with Crippen LogP contribution in [0.25, 0.3) is 16.8 Å². The van der Waals surface area contributed by atoms with E-state index in [1.54, 1.807) is 24.7 Å². The van der Waals surface area contributed by atoms with Crippen molar-refractivity contribution in [2.24, 2.45) is 0 Å². The van der Waals surface area contributed by atoms with E-state index in [1.807, 2.05) is 0 Å². The Morgan fingerprint density at radius 1 is 1.04 bits per heavy atom. The van der Waals surface area contributed by atoms with E-state index in [9.17, 15) is 18.0 Å². The number of hydrogen-bond acceptors (Lipinski definition) is 3. The number of pyridine rings is 1. The highest BCUT2D eigenvalue weighted by Crippen LogP contribution is 2.24. The molecule has 0 bridgehead atoms. The predicted octanol–water partition coefficient (Wildman–Crippen LogP) is 3.13. The smallest absolute Gasteiger partial charge is 0.406 e. The molecular weight excluding hydrogens is 311 g/mol. The Kier molecular flexibility index (Phi) is 3.65. The third-order valence-electron chi connectivity index (χ3n) is 3.09. The molecular formula is C15H10F3N3O2. The van der Waals surface area contributed by atoms with E-state index >= 15 is 0 Å². The molecule has 0 spiro atoms.